The van der Waals surface area contributed by atoms with Gasteiger partial charge in [-0.2, -0.15) is 0 Å². The molecule has 1 atom stereocenters. The number of nitrogens with zero attached hydrogens (tertiary/aromatic N) is 2. The summed E-state index contributed by atoms with van der Waals surface area (Å²) in [7, 11) is 0. The molecule has 5 nitrogen and oxygen atoms in total. The lowest BCUT2D eigenvalue weighted by molar-refractivity contribution is -0.122. The Balaban J connectivity index is 1.49. The smallest absolute Gasteiger partial charge is 0.229 e. The first-order valence-corrected chi connectivity index (χ1v) is 9.85. The lowest BCUT2D eigenvalue weighted by Crippen LogP contribution is -2.28. The molecular formula is C19H16BrN3O2S. The van der Waals surface area contributed by atoms with Crippen LogP contribution in [0.4, 0.5) is 11.4 Å². The maximum atomic E-state index is 12.6. The largest absolute Gasteiger partial charge is 0.326 e. The van der Waals surface area contributed by atoms with Gasteiger partial charge in [-0.3, -0.25) is 9.59 Å². The summed E-state index contributed by atoms with van der Waals surface area (Å²) in [5, 5.41) is 3.94. The Morgan fingerprint density at radius 3 is 2.92 bits per heavy atom. The zero-order chi connectivity index (χ0) is 18.3. The average Bonchev–Trinajstić information content (AvgIpc) is 3.17. The summed E-state index contributed by atoms with van der Waals surface area (Å²) in [5.74, 6) is -0.535. The normalized spacial score (nSPS) is 17.1. The summed E-state index contributed by atoms with van der Waals surface area (Å²) in [6, 6.07) is 13.2. The third-order valence-corrected chi connectivity index (χ3v) is 6.01. The molecule has 1 N–H and O–H groups in total. The van der Waals surface area contributed by atoms with E-state index in [2.05, 4.69) is 26.2 Å². The second kappa shape index (κ2) is 6.81. The highest BCUT2D eigenvalue weighted by Gasteiger charge is 2.35. The van der Waals surface area contributed by atoms with Crippen LogP contribution in [0.3, 0.4) is 0 Å². The van der Waals surface area contributed by atoms with Gasteiger partial charge in [-0.25, -0.2) is 4.98 Å². The molecule has 3 aromatic rings. The van der Waals surface area contributed by atoms with Crippen molar-refractivity contribution in [3.8, 4) is 0 Å². The second-order valence-corrected chi connectivity index (χ2v) is 8.35. The number of aromatic nitrogens is 1. The Labute approximate surface area is 163 Å². The SMILES string of the molecule is Cc1nc2ccc(NC(=O)C3CC(=O)N(c4ccccc4Br)C3)cc2s1. The van der Waals surface area contributed by atoms with Crippen LogP contribution in [0.15, 0.2) is 46.9 Å². The van der Waals surface area contributed by atoms with Crippen molar-refractivity contribution in [2.75, 3.05) is 16.8 Å². The molecule has 0 spiro atoms. The number of amides is 2. The van der Waals surface area contributed by atoms with Crippen molar-refractivity contribution in [3.63, 3.8) is 0 Å². The summed E-state index contributed by atoms with van der Waals surface area (Å²) in [6.07, 6.45) is 0.217. The van der Waals surface area contributed by atoms with Gasteiger partial charge in [0.25, 0.3) is 0 Å². The maximum Gasteiger partial charge on any atom is 0.229 e. The van der Waals surface area contributed by atoms with Crippen molar-refractivity contribution in [3.05, 3.63) is 51.9 Å². The van der Waals surface area contributed by atoms with Crippen molar-refractivity contribution in [1.29, 1.82) is 0 Å². The number of aryl methyl sites for hydroxylation is 1. The monoisotopic (exact) mass is 429 g/mol. The van der Waals surface area contributed by atoms with Crippen molar-refractivity contribution >= 4 is 60.7 Å². The molecular weight excluding hydrogens is 414 g/mol. The fourth-order valence-electron chi connectivity index (χ4n) is 3.15. The molecule has 1 aliphatic rings. The van der Waals surface area contributed by atoms with Gasteiger partial charge < -0.3 is 10.2 Å². The molecule has 1 fully saturated rings. The second-order valence-electron chi connectivity index (χ2n) is 6.26. The van der Waals surface area contributed by atoms with Crippen molar-refractivity contribution in [1.82, 2.24) is 4.98 Å². The Morgan fingerprint density at radius 1 is 1.31 bits per heavy atom. The molecule has 132 valence electrons. The topological polar surface area (TPSA) is 62.3 Å². The van der Waals surface area contributed by atoms with Crippen LogP contribution in [-0.2, 0) is 9.59 Å². The standard InChI is InChI=1S/C19H16BrN3O2S/c1-11-21-15-7-6-13(9-17(15)26-11)22-19(25)12-8-18(24)23(10-12)16-5-3-2-4-14(16)20/h2-7,9,12H,8,10H2,1H3,(H,22,25). The fraction of sp³-hybridized carbons (Fsp3) is 0.211. The summed E-state index contributed by atoms with van der Waals surface area (Å²) in [6.45, 7) is 2.35. The average molecular weight is 430 g/mol. The van der Waals surface area contributed by atoms with E-state index in [9.17, 15) is 9.59 Å². The van der Waals surface area contributed by atoms with Crippen LogP contribution in [-0.4, -0.2) is 23.3 Å². The maximum absolute atomic E-state index is 12.6. The van der Waals surface area contributed by atoms with Gasteiger partial charge in [0.1, 0.15) is 0 Å². The van der Waals surface area contributed by atoms with Crippen LogP contribution < -0.4 is 10.2 Å². The molecule has 2 aromatic carbocycles. The van der Waals surface area contributed by atoms with Crippen molar-refractivity contribution < 1.29 is 9.59 Å². The number of hydrogen-bond acceptors (Lipinski definition) is 4. The van der Waals surface area contributed by atoms with Gasteiger partial charge in [0.2, 0.25) is 11.8 Å². The van der Waals surface area contributed by atoms with Crippen LogP contribution in [0.25, 0.3) is 10.2 Å². The number of carbonyl (C=O) groups is 2. The number of halogens is 1. The molecule has 0 saturated carbocycles. The number of carbonyl (C=O) groups excluding carboxylic acids is 2. The number of nitrogens with one attached hydrogen (secondary N) is 1. The van der Waals surface area contributed by atoms with Gasteiger partial charge in [-0.15, -0.1) is 11.3 Å². The lowest BCUT2D eigenvalue weighted by atomic mass is 10.1. The van der Waals surface area contributed by atoms with E-state index in [1.807, 2.05) is 49.4 Å². The van der Waals surface area contributed by atoms with E-state index in [1.54, 1.807) is 16.2 Å². The van der Waals surface area contributed by atoms with E-state index in [1.165, 1.54) is 0 Å². The molecule has 1 aliphatic heterocycles. The molecule has 7 heteroatoms. The Kier molecular flexibility index (Phi) is 4.50. The van der Waals surface area contributed by atoms with E-state index in [-0.39, 0.29) is 24.2 Å². The first-order valence-electron chi connectivity index (χ1n) is 8.24. The molecule has 1 saturated heterocycles. The quantitative estimate of drug-likeness (QED) is 0.672. The van der Waals surface area contributed by atoms with E-state index in [4.69, 9.17) is 0 Å². The van der Waals surface area contributed by atoms with Crippen LogP contribution >= 0.6 is 27.3 Å². The Morgan fingerprint density at radius 2 is 2.12 bits per heavy atom. The van der Waals surface area contributed by atoms with E-state index >= 15 is 0 Å². The van der Waals surface area contributed by atoms with E-state index in [0.29, 0.717) is 6.54 Å². The molecule has 26 heavy (non-hydrogen) atoms. The third kappa shape index (κ3) is 3.24. The third-order valence-electron chi connectivity index (χ3n) is 4.40. The number of fused-ring (bicyclic) bond motifs is 1. The molecule has 1 unspecified atom stereocenters. The number of hydrogen-bond donors (Lipinski definition) is 1. The first-order chi connectivity index (χ1) is 12.5. The van der Waals surface area contributed by atoms with Gasteiger partial charge >= 0.3 is 0 Å². The molecule has 0 radical (unpaired) electrons. The highest BCUT2D eigenvalue weighted by molar-refractivity contribution is 9.10. The Hall–Kier alpha value is -2.25. The number of benzene rings is 2. The van der Waals surface area contributed by atoms with Crippen LogP contribution in [0.5, 0.6) is 0 Å². The zero-order valence-corrected chi connectivity index (χ0v) is 16.4. The summed E-state index contributed by atoms with van der Waals surface area (Å²) in [4.78, 5) is 31.1. The van der Waals surface area contributed by atoms with Gasteiger partial charge in [0, 0.05) is 23.1 Å². The fourth-order valence-corrected chi connectivity index (χ4v) is 4.51. The molecule has 4 rings (SSSR count). The predicted molar refractivity (Wildman–Crippen MR) is 108 cm³/mol. The number of para-hydroxylation sites is 1. The molecule has 0 aliphatic carbocycles. The zero-order valence-electron chi connectivity index (χ0n) is 14.0. The van der Waals surface area contributed by atoms with Gasteiger partial charge in [-0.05, 0) is 53.2 Å². The van der Waals surface area contributed by atoms with Gasteiger partial charge in [-0.1, -0.05) is 12.1 Å². The number of rotatable bonds is 3. The van der Waals surface area contributed by atoms with Crippen LogP contribution in [0.2, 0.25) is 0 Å². The van der Waals surface area contributed by atoms with E-state index < -0.39 is 0 Å². The predicted octanol–water partition coefficient (Wildman–Crippen LogP) is 4.36. The molecule has 2 heterocycles. The summed E-state index contributed by atoms with van der Waals surface area (Å²) in [5.41, 5.74) is 2.47. The Bertz CT molecular complexity index is 1020. The van der Waals surface area contributed by atoms with Crippen LogP contribution in [0.1, 0.15) is 11.4 Å². The van der Waals surface area contributed by atoms with Gasteiger partial charge in [0.05, 0.1) is 26.8 Å². The summed E-state index contributed by atoms with van der Waals surface area (Å²) < 4.78 is 1.89. The lowest BCUT2D eigenvalue weighted by Gasteiger charge is -2.18. The molecule has 0 bridgehead atoms. The van der Waals surface area contributed by atoms with E-state index in [0.717, 1.165) is 31.1 Å². The molecule has 1 aromatic heterocycles. The highest BCUT2D eigenvalue weighted by Crippen LogP contribution is 2.32. The highest BCUT2D eigenvalue weighted by atomic mass is 79.9. The minimum absolute atomic E-state index is 0.0365. The molecule has 2 amide bonds. The van der Waals surface area contributed by atoms with Gasteiger partial charge in [0.15, 0.2) is 0 Å². The van der Waals surface area contributed by atoms with Crippen molar-refractivity contribution in [2.24, 2.45) is 5.92 Å². The first kappa shape index (κ1) is 17.2. The minimum atomic E-state index is -0.367. The van der Waals surface area contributed by atoms with Crippen molar-refractivity contribution in [2.45, 2.75) is 13.3 Å². The minimum Gasteiger partial charge on any atom is -0.326 e. The number of anilines is 2. The van der Waals surface area contributed by atoms with Crippen LogP contribution in [0, 0.1) is 12.8 Å². The summed E-state index contributed by atoms with van der Waals surface area (Å²) >= 11 is 5.07. The number of thiazole rings is 1.